The zero-order valence-electron chi connectivity index (χ0n) is 14.8. The third-order valence-electron chi connectivity index (χ3n) is 3.66. The lowest BCUT2D eigenvalue weighted by Crippen LogP contribution is -2.06. The Kier molecular flexibility index (Phi) is 6.85. The standard InChI is InChI=1S/C19H21N3O2S2/c1-23-16-8-10-17(11-9-16)24-14-18-20-21-19(26-13-12-25-2)22(18)15-6-4-3-5-7-15/h3-11H,12-14H2,1-2H3. The van der Waals surface area contributed by atoms with Gasteiger partial charge in [0.25, 0.3) is 0 Å². The molecule has 136 valence electrons. The molecule has 2 aromatic carbocycles. The summed E-state index contributed by atoms with van der Waals surface area (Å²) < 4.78 is 13.1. The highest BCUT2D eigenvalue weighted by Crippen LogP contribution is 2.24. The van der Waals surface area contributed by atoms with E-state index >= 15 is 0 Å². The first kappa shape index (κ1) is 18.7. The molecule has 0 saturated carbocycles. The third-order valence-corrected chi connectivity index (χ3v) is 5.46. The van der Waals surface area contributed by atoms with Crippen molar-refractivity contribution in [3.8, 4) is 17.2 Å². The maximum atomic E-state index is 5.90. The van der Waals surface area contributed by atoms with Gasteiger partial charge < -0.3 is 9.47 Å². The minimum atomic E-state index is 0.345. The summed E-state index contributed by atoms with van der Waals surface area (Å²) in [4.78, 5) is 0. The predicted octanol–water partition coefficient (Wildman–Crippen LogP) is 4.31. The monoisotopic (exact) mass is 387 g/mol. The fourth-order valence-electron chi connectivity index (χ4n) is 2.36. The van der Waals surface area contributed by atoms with Crippen molar-refractivity contribution in [3.63, 3.8) is 0 Å². The molecule has 1 heterocycles. The lowest BCUT2D eigenvalue weighted by molar-refractivity contribution is 0.292. The SMILES string of the molecule is COc1ccc(OCc2nnc(SCCSC)n2-c2ccccc2)cc1. The van der Waals surface area contributed by atoms with Crippen LogP contribution in [-0.2, 0) is 6.61 Å². The second kappa shape index (κ2) is 9.54. The van der Waals surface area contributed by atoms with Gasteiger partial charge in [-0.05, 0) is 42.7 Å². The van der Waals surface area contributed by atoms with E-state index in [0.717, 1.165) is 39.7 Å². The zero-order valence-corrected chi connectivity index (χ0v) is 16.4. The number of para-hydroxylation sites is 1. The van der Waals surface area contributed by atoms with E-state index in [9.17, 15) is 0 Å². The molecule has 0 unspecified atom stereocenters. The van der Waals surface area contributed by atoms with E-state index in [-0.39, 0.29) is 0 Å². The Hall–Kier alpha value is -2.12. The quantitative estimate of drug-likeness (QED) is 0.403. The Balaban J connectivity index is 1.79. The van der Waals surface area contributed by atoms with Crippen LogP contribution >= 0.6 is 23.5 Å². The van der Waals surface area contributed by atoms with Crippen LogP contribution in [0.15, 0.2) is 59.8 Å². The first-order valence-corrected chi connectivity index (χ1v) is 10.6. The summed E-state index contributed by atoms with van der Waals surface area (Å²) >= 11 is 3.54. The van der Waals surface area contributed by atoms with E-state index in [2.05, 4.69) is 33.2 Å². The molecule has 0 radical (unpaired) electrons. The second-order valence-corrected chi connectivity index (χ2v) is 7.42. The molecule has 26 heavy (non-hydrogen) atoms. The number of hydrogen-bond donors (Lipinski definition) is 0. The molecule has 0 aliphatic heterocycles. The minimum absolute atomic E-state index is 0.345. The van der Waals surface area contributed by atoms with Gasteiger partial charge in [-0.2, -0.15) is 11.8 Å². The van der Waals surface area contributed by atoms with Gasteiger partial charge in [-0.15, -0.1) is 10.2 Å². The Morgan fingerprint density at radius 1 is 0.923 bits per heavy atom. The fraction of sp³-hybridized carbons (Fsp3) is 0.263. The summed E-state index contributed by atoms with van der Waals surface area (Å²) in [7, 11) is 1.65. The average molecular weight is 388 g/mol. The number of thioether (sulfide) groups is 2. The maximum Gasteiger partial charge on any atom is 0.195 e. The minimum Gasteiger partial charge on any atom is -0.497 e. The number of methoxy groups -OCH3 is 1. The molecule has 0 saturated heterocycles. The molecule has 5 nitrogen and oxygen atoms in total. The molecule has 0 amide bonds. The van der Waals surface area contributed by atoms with E-state index < -0.39 is 0 Å². The molecule has 0 spiro atoms. The maximum absolute atomic E-state index is 5.90. The van der Waals surface area contributed by atoms with Crippen LogP contribution in [0.5, 0.6) is 11.5 Å². The van der Waals surface area contributed by atoms with Gasteiger partial charge in [-0.3, -0.25) is 4.57 Å². The first-order chi connectivity index (χ1) is 12.8. The Morgan fingerprint density at radius 2 is 1.65 bits per heavy atom. The topological polar surface area (TPSA) is 49.2 Å². The summed E-state index contributed by atoms with van der Waals surface area (Å²) in [5, 5.41) is 9.61. The highest BCUT2D eigenvalue weighted by Gasteiger charge is 2.15. The van der Waals surface area contributed by atoms with Crippen molar-refractivity contribution in [2.75, 3.05) is 24.9 Å². The van der Waals surface area contributed by atoms with E-state index in [1.54, 1.807) is 18.9 Å². The van der Waals surface area contributed by atoms with Crippen molar-refractivity contribution in [2.24, 2.45) is 0 Å². The van der Waals surface area contributed by atoms with Crippen LogP contribution in [0.1, 0.15) is 5.82 Å². The highest BCUT2D eigenvalue weighted by molar-refractivity contribution is 8.02. The first-order valence-electron chi connectivity index (χ1n) is 8.20. The van der Waals surface area contributed by atoms with Gasteiger partial charge in [0.1, 0.15) is 18.1 Å². The van der Waals surface area contributed by atoms with E-state index in [1.165, 1.54) is 0 Å². The number of nitrogens with zero attached hydrogens (tertiary/aromatic N) is 3. The van der Waals surface area contributed by atoms with Gasteiger partial charge in [0.05, 0.1) is 7.11 Å². The number of hydrogen-bond acceptors (Lipinski definition) is 6. The molecular formula is C19H21N3O2S2. The summed E-state index contributed by atoms with van der Waals surface area (Å²) in [6.45, 7) is 0.345. The van der Waals surface area contributed by atoms with Gasteiger partial charge in [-0.25, -0.2) is 0 Å². The van der Waals surface area contributed by atoms with Crippen molar-refractivity contribution < 1.29 is 9.47 Å². The summed E-state index contributed by atoms with van der Waals surface area (Å²) in [5.74, 6) is 4.41. The van der Waals surface area contributed by atoms with Crippen LogP contribution in [0, 0.1) is 0 Å². The van der Waals surface area contributed by atoms with Crippen LogP contribution in [0.3, 0.4) is 0 Å². The lowest BCUT2D eigenvalue weighted by Gasteiger charge is -2.11. The molecule has 1 aromatic heterocycles. The summed E-state index contributed by atoms with van der Waals surface area (Å²) in [5.41, 5.74) is 1.04. The van der Waals surface area contributed by atoms with Gasteiger partial charge in [0.2, 0.25) is 0 Å². The highest BCUT2D eigenvalue weighted by atomic mass is 32.2. The Labute approximate surface area is 162 Å². The molecule has 3 aromatic rings. The van der Waals surface area contributed by atoms with Crippen molar-refractivity contribution in [3.05, 3.63) is 60.4 Å². The molecule has 0 aliphatic carbocycles. The van der Waals surface area contributed by atoms with Crippen LogP contribution in [0.25, 0.3) is 5.69 Å². The van der Waals surface area contributed by atoms with E-state index in [1.807, 2.05) is 54.2 Å². The van der Waals surface area contributed by atoms with E-state index in [4.69, 9.17) is 9.47 Å². The molecule has 0 bridgehead atoms. The Bertz CT molecular complexity index is 807. The zero-order chi connectivity index (χ0) is 18.2. The van der Waals surface area contributed by atoms with Gasteiger partial charge in [-0.1, -0.05) is 30.0 Å². The number of rotatable bonds is 9. The summed E-state index contributed by atoms with van der Waals surface area (Å²) in [6, 6.07) is 17.7. The van der Waals surface area contributed by atoms with Crippen LogP contribution in [0.2, 0.25) is 0 Å². The van der Waals surface area contributed by atoms with Gasteiger partial charge in [0.15, 0.2) is 11.0 Å². The van der Waals surface area contributed by atoms with Crippen molar-refractivity contribution in [1.82, 2.24) is 14.8 Å². The smallest absolute Gasteiger partial charge is 0.195 e. The van der Waals surface area contributed by atoms with Crippen LogP contribution in [-0.4, -0.2) is 39.6 Å². The molecular weight excluding hydrogens is 366 g/mol. The predicted molar refractivity (Wildman–Crippen MR) is 108 cm³/mol. The fourth-order valence-corrected chi connectivity index (χ4v) is 3.98. The van der Waals surface area contributed by atoms with E-state index in [0.29, 0.717) is 6.61 Å². The van der Waals surface area contributed by atoms with Gasteiger partial charge in [0, 0.05) is 17.2 Å². The van der Waals surface area contributed by atoms with Crippen molar-refractivity contribution in [2.45, 2.75) is 11.8 Å². The molecule has 7 heteroatoms. The average Bonchev–Trinajstić information content (AvgIpc) is 3.10. The molecule has 0 atom stereocenters. The van der Waals surface area contributed by atoms with Crippen molar-refractivity contribution in [1.29, 1.82) is 0 Å². The number of benzene rings is 2. The molecule has 0 N–H and O–H groups in total. The van der Waals surface area contributed by atoms with Crippen LogP contribution < -0.4 is 9.47 Å². The normalized spacial score (nSPS) is 10.7. The second-order valence-electron chi connectivity index (χ2n) is 5.38. The number of ether oxygens (including phenoxy) is 2. The van der Waals surface area contributed by atoms with Crippen molar-refractivity contribution >= 4 is 23.5 Å². The molecule has 0 fully saturated rings. The van der Waals surface area contributed by atoms with Gasteiger partial charge >= 0.3 is 0 Å². The Morgan fingerprint density at radius 3 is 2.35 bits per heavy atom. The largest absolute Gasteiger partial charge is 0.497 e. The third kappa shape index (κ3) is 4.74. The van der Waals surface area contributed by atoms with Crippen LogP contribution in [0.4, 0.5) is 0 Å². The lowest BCUT2D eigenvalue weighted by atomic mass is 10.3. The number of aromatic nitrogens is 3. The molecule has 0 aliphatic rings. The summed E-state index contributed by atoms with van der Waals surface area (Å²) in [6.07, 6.45) is 2.11. The molecule has 3 rings (SSSR count).